The second-order valence-electron chi connectivity index (χ2n) is 4.55. The number of carboxylic acids is 1. The van der Waals surface area contributed by atoms with E-state index in [4.69, 9.17) is 5.11 Å². The molecule has 5 nitrogen and oxygen atoms in total. The third-order valence-electron chi connectivity index (χ3n) is 3.23. The van der Waals surface area contributed by atoms with Crippen molar-refractivity contribution >= 4 is 29.1 Å². The second-order valence-corrected chi connectivity index (χ2v) is 5.35. The summed E-state index contributed by atoms with van der Waals surface area (Å²) in [6.45, 7) is 0. The van der Waals surface area contributed by atoms with Crippen LogP contribution in [0.4, 0.5) is 14.5 Å². The molecule has 2 aromatic rings. The standard InChI is InChI=1S/C13H8F2N2O3S/c14-5-1-2-6(8(15)3-5)7-4-9(18)16-10-11(13(19)20)17-21-12(7)10/h1-3,7H,4H2,(H,16,18)(H,19,20)/t7-/m1/s1. The van der Waals surface area contributed by atoms with Crippen LogP contribution in [0.3, 0.4) is 0 Å². The van der Waals surface area contributed by atoms with Gasteiger partial charge in [0, 0.05) is 18.4 Å². The highest BCUT2D eigenvalue weighted by molar-refractivity contribution is 7.06. The molecule has 2 N–H and O–H groups in total. The van der Waals surface area contributed by atoms with Crippen LogP contribution < -0.4 is 5.32 Å². The molecule has 1 atom stereocenters. The van der Waals surface area contributed by atoms with Gasteiger partial charge in [0.15, 0.2) is 5.69 Å². The first-order valence-corrected chi connectivity index (χ1v) is 6.72. The van der Waals surface area contributed by atoms with Gasteiger partial charge in [-0.25, -0.2) is 13.6 Å². The molecule has 0 bridgehead atoms. The Bertz CT molecular complexity index is 760. The SMILES string of the molecule is O=C1C[C@H](c2ccc(F)cc2F)c2snc(C(=O)O)c2N1. The van der Waals surface area contributed by atoms with Crippen molar-refractivity contribution in [1.82, 2.24) is 4.37 Å². The number of carbonyl (C=O) groups excluding carboxylic acids is 1. The fraction of sp³-hybridized carbons (Fsp3) is 0.154. The van der Waals surface area contributed by atoms with Gasteiger partial charge in [0.1, 0.15) is 11.6 Å². The summed E-state index contributed by atoms with van der Waals surface area (Å²) in [5.41, 5.74) is -0.0267. The minimum atomic E-state index is -1.27. The van der Waals surface area contributed by atoms with Crippen LogP contribution in [0, 0.1) is 11.6 Å². The topological polar surface area (TPSA) is 79.3 Å². The number of aromatic nitrogens is 1. The molecular weight excluding hydrogens is 302 g/mol. The van der Waals surface area contributed by atoms with Crippen LogP contribution in [0.5, 0.6) is 0 Å². The van der Waals surface area contributed by atoms with Gasteiger partial charge in [0.2, 0.25) is 5.91 Å². The van der Waals surface area contributed by atoms with Crippen LogP contribution in [0.15, 0.2) is 18.2 Å². The number of nitrogens with zero attached hydrogens (tertiary/aromatic N) is 1. The lowest BCUT2D eigenvalue weighted by Gasteiger charge is -2.22. The van der Waals surface area contributed by atoms with Crippen molar-refractivity contribution in [2.24, 2.45) is 0 Å². The van der Waals surface area contributed by atoms with E-state index in [0.717, 1.165) is 23.7 Å². The van der Waals surface area contributed by atoms with Gasteiger partial charge in [-0.2, -0.15) is 4.37 Å². The van der Waals surface area contributed by atoms with Crippen molar-refractivity contribution in [2.45, 2.75) is 12.3 Å². The zero-order valence-electron chi connectivity index (χ0n) is 10.4. The third-order valence-corrected chi connectivity index (χ3v) is 4.19. The largest absolute Gasteiger partial charge is 0.476 e. The van der Waals surface area contributed by atoms with Gasteiger partial charge in [0.25, 0.3) is 0 Å². The number of hydrogen-bond donors (Lipinski definition) is 2. The van der Waals surface area contributed by atoms with Gasteiger partial charge in [-0.15, -0.1) is 0 Å². The first-order valence-electron chi connectivity index (χ1n) is 5.95. The zero-order valence-corrected chi connectivity index (χ0v) is 11.2. The van der Waals surface area contributed by atoms with Crippen molar-refractivity contribution in [3.05, 3.63) is 46.0 Å². The first-order chi connectivity index (χ1) is 9.97. The van der Waals surface area contributed by atoms with Crippen LogP contribution in [-0.4, -0.2) is 21.4 Å². The summed E-state index contributed by atoms with van der Waals surface area (Å²) in [5.74, 6) is -3.86. The van der Waals surface area contributed by atoms with Gasteiger partial charge in [0.05, 0.1) is 10.6 Å². The lowest BCUT2D eigenvalue weighted by Crippen LogP contribution is -2.24. The predicted octanol–water partition coefficient (Wildman–Crippen LogP) is 2.59. The Balaban J connectivity index is 2.13. The molecule has 108 valence electrons. The van der Waals surface area contributed by atoms with E-state index in [0.29, 0.717) is 4.88 Å². The number of anilines is 1. The number of fused-ring (bicyclic) bond motifs is 1. The summed E-state index contributed by atoms with van der Waals surface area (Å²) < 4.78 is 30.7. The number of carboxylic acid groups (broad SMARTS) is 1. The molecule has 0 unspecified atom stereocenters. The van der Waals surface area contributed by atoms with E-state index in [1.807, 2.05) is 0 Å². The van der Waals surface area contributed by atoms with E-state index in [1.165, 1.54) is 6.07 Å². The van der Waals surface area contributed by atoms with Crippen molar-refractivity contribution < 1.29 is 23.5 Å². The molecular formula is C13H8F2N2O3S. The summed E-state index contributed by atoms with van der Waals surface area (Å²) >= 11 is 0.892. The van der Waals surface area contributed by atoms with Crippen molar-refractivity contribution in [3.63, 3.8) is 0 Å². The van der Waals surface area contributed by atoms with E-state index in [9.17, 15) is 18.4 Å². The lowest BCUT2D eigenvalue weighted by molar-refractivity contribution is -0.116. The van der Waals surface area contributed by atoms with Crippen LogP contribution in [0.2, 0.25) is 0 Å². The highest BCUT2D eigenvalue weighted by Crippen LogP contribution is 2.42. The monoisotopic (exact) mass is 310 g/mol. The minimum absolute atomic E-state index is 0.0448. The minimum Gasteiger partial charge on any atom is -0.476 e. The van der Waals surface area contributed by atoms with Crippen LogP contribution >= 0.6 is 11.5 Å². The van der Waals surface area contributed by atoms with E-state index in [-0.39, 0.29) is 23.4 Å². The molecule has 0 saturated heterocycles. The fourth-order valence-corrected chi connectivity index (χ4v) is 3.25. The molecule has 0 saturated carbocycles. The normalized spacial score (nSPS) is 17.2. The molecule has 21 heavy (non-hydrogen) atoms. The van der Waals surface area contributed by atoms with Gasteiger partial charge in [-0.1, -0.05) is 6.07 Å². The summed E-state index contributed by atoms with van der Waals surface area (Å²) in [5, 5.41) is 11.5. The smallest absolute Gasteiger partial charge is 0.357 e. The quantitative estimate of drug-likeness (QED) is 0.893. The number of amides is 1. The van der Waals surface area contributed by atoms with E-state index in [1.54, 1.807) is 0 Å². The molecule has 2 heterocycles. The average Bonchev–Trinajstić information content (AvgIpc) is 2.81. The van der Waals surface area contributed by atoms with Gasteiger partial charge in [-0.3, -0.25) is 4.79 Å². The van der Waals surface area contributed by atoms with Crippen molar-refractivity contribution in [2.75, 3.05) is 5.32 Å². The Morgan fingerprint density at radius 1 is 1.43 bits per heavy atom. The maximum atomic E-state index is 13.9. The molecule has 8 heteroatoms. The highest BCUT2D eigenvalue weighted by Gasteiger charge is 2.34. The summed E-state index contributed by atoms with van der Waals surface area (Å²) in [6.07, 6.45) is -0.0448. The van der Waals surface area contributed by atoms with Gasteiger partial charge < -0.3 is 10.4 Å². The van der Waals surface area contributed by atoms with E-state index < -0.39 is 29.4 Å². The Morgan fingerprint density at radius 3 is 2.86 bits per heavy atom. The number of carbonyl (C=O) groups is 2. The third kappa shape index (κ3) is 2.27. The molecule has 0 fully saturated rings. The summed E-state index contributed by atoms with van der Waals surface area (Å²) in [6, 6.07) is 3.10. The predicted molar refractivity (Wildman–Crippen MR) is 70.5 cm³/mol. The zero-order chi connectivity index (χ0) is 15.1. The Morgan fingerprint density at radius 2 is 2.19 bits per heavy atom. The lowest BCUT2D eigenvalue weighted by atomic mass is 9.90. The van der Waals surface area contributed by atoms with Crippen LogP contribution in [0.1, 0.15) is 33.3 Å². The molecule has 1 amide bonds. The summed E-state index contributed by atoms with van der Waals surface area (Å²) in [4.78, 5) is 23.3. The maximum absolute atomic E-state index is 13.9. The van der Waals surface area contributed by atoms with Crippen LogP contribution in [0.25, 0.3) is 0 Å². The average molecular weight is 310 g/mol. The molecule has 0 aliphatic carbocycles. The molecule has 1 aromatic carbocycles. The van der Waals surface area contributed by atoms with Crippen LogP contribution in [-0.2, 0) is 4.79 Å². The molecule has 1 aliphatic heterocycles. The Labute approximate surface area is 121 Å². The van der Waals surface area contributed by atoms with E-state index >= 15 is 0 Å². The number of nitrogens with one attached hydrogen (secondary N) is 1. The maximum Gasteiger partial charge on any atom is 0.357 e. The van der Waals surface area contributed by atoms with Gasteiger partial charge >= 0.3 is 5.97 Å². The first kappa shape index (κ1) is 13.6. The number of hydrogen-bond acceptors (Lipinski definition) is 4. The second kappa shape index (κ2) is 4.88. The number of benzene rings is 1. The van der Waals surface area contributed by atoms with E-state index in [2.05, 4.69) is 9.69 Å². The van der Waals surface area contributed by atoms with Crippen molar-refractivity contribution in [1.29, 1.82) is 0 Å². The molecule has 1 aromatic heterocycles. The van der Waals surface area contributed by atoms with Crippen molar-refractivity contribution in [3.8, 4) is 0 Å². The number of rotatable bonds is 2. The fourth-order valence-electron chi connectivity index (χ4n) is 2.31. The molecule has 0 radical (unpaired) electrons. The molecule has 0 spiro atoms. The number of aromatic carboxylic acids is 1. The highest BCUT2D eigenvalue weighted by atomic mass is 32.1. The Hall–Kier alpha value is -2.35. The molecule has 3 rings (SSSR count). The number of halogens is 2. The molecule has 1 aliphatic rings. The Kier molecular flexibility index (Phi) is 3.17. The van der Waals surface area contributed by atoms with Gasteiger partial charge in [-0.05, 0) is 23.2 Å². The summed E-state index contributed by atoms with van der Waals surface area (Å²) in [7, 11) is 0.